The summed E-state index contributed by atoms with van der Waals surface area (Å²) < 4.78 is 27.2. The van der Waals surface area contributed by atoms with E-state index in [0.29, 0.717) is 11.7 Å². The highest BCUT2D eigenvalue weighted by Gasteiger charge is 2.13. The Morgan fingerprint density at radius 1 is 1.40 bits per heavy atom. The van der Waals surface area contributed by atoms with Crippen molar-refractivity contribution < 1.29 is 13.6 Å². The van der Waals surface area contributed by atoms with E-state index in [-0.39, 0.29) is 22.8 Å². The first kappa shape index (κ1) is 14.4. The van der Waals surface area contributed by atoms with Gasteiger partial charge in [0.2, 0.25) is 0 Å². The van der Waals surface area contributed by atoms with Crippen LogP contribution in [0.1, 0.15) is 17.3 Å². The van der Waals surface area contributed by atoms with Gasteiger partial charge >= 0.3 is 5.69 Å². The maximum absolute atomic E-state index is 13.0. The lowest BCUT2D eigenvalue weighted by Gasteiger charge is -2.02. The number of hydrogen-bond donors (Lipinski definition) is 1. The fourth-order valence-electron chi connectivity index (χ4n) is 1.58. The number of Topliss-reactive ketones (excluding diaryl/α,β-unsaturated/α-hetero) is 1. The molecule has 0 fully saturated rings. The molecule has 0 unspecified atom stereocenters. The molecular formula is C12H11F2N3O2S. The summed E-state index contributed by atoms with van der Waals surface area (Å²) in [4.78, 5) is 23.2. The Balaban J connectivity index is 2.08. The summed E-state index contributed by atoms with van der Waals surface area (Å²) in [7, 11) is 0. The van der Waals surface area contributed by atoms with Crippen LogP contribution in [0.5, 0.6) is 0 Å². The molecule has 20 heavy (non-hydrogen) atoms. The van der Waals surface area contributed by atoms with Crippen molar-refractivity contribution in [2.75, 3.05) is 5.75 Å². The van der Waals surface area contributed by atoms with Gasteiger partial charge in [-0.25, -0.2) is 18.7 Å². The zero-order valence-corrected chi connectivity index (χ0v) is 11.3. The molecule has 0 saturated carbocycles. The average molecular weight is 299 g/mol. The van der Waals surface area contributed by atoms with E-state index in [4.69, 9.17) is 0 Å². The molecule has 1 N–H and O–H groups in total. The summed E-state index contributed by atoms with van der Waals surface area (Å²) in [5.74, 6) is -2.45. The fraction of sp³-hybridized carbons (Fsp3) is 0.250. The third-order valence-corrected chi connectivity index (χ3v) is 3.59. The number of aromatic amines is 1. The van der Waals surface area contributed by atoms with E-state index < -0.39 is 11.6 Å². The lowest BCUT2D eigenvalue weighted by Crippen LogP contribution is -2.16. The lowest BCUT2D eigenvalue weighted by atomic mass is 10.1. The molecule has 106 valence electrons. The summed E-state index contributed by atoms with van der Waals surface area (Å²) in [5.41, 5.74) is -0.271. The zero-order chi connectivity index (χ0) is 14.7. The number of nitrogens with zero attached hydrogens (tertiary/aromatic N) is 2. The van der Waals surface area contributed by atoms with Gasteiger partial charge in [-0.05, 0) is 25.1 Å². The van der Waals surface area contributed by atoms with Crippen molar-refractivity contribution in [3.8, 4) is 0 Å². The molecule has 2 rings (SSSR count). The normalized spacial score (nSPS) is 10.8. The van der Waals surface area contributed by atoms with E-state index in [1.165, 1.54) is 10.6 Å². The molecule has 1 aromatic heterocycles. The molecule has 0 saturated heterocycles. The molecule has 0 radical (unpaired) electrons. The minimum atomic E-state index is -1.06. The molecule has 0 aliphatic rings. The minimum Gasteiger partial charge on any atom is -0.293 e. The van der Waals surface area contributed by atoms with Crippen LogP contribution >= 0.6 is 11.8 Å². The second kappa shape index (κ2) is 6.00. The number of H-pyrrole nitrogens is 1. The summed E-state index contributed by atoms with van der Waals surface area (Å²) in [6.07, 6.45) is 0. The van der Waals surface area contributed by atoms with Crippen LogP contribution in [-0.4, -0.2) is 26.3 Å². The maximum Gasteiger partial charge on any atom is 0.343 e. The van der Waals surface area contributed by atoms with Crippen LogP contribution in [0.3, 0.4) is 0 Å². The van der Waals surface area contributed by atoms with Crippen molar-refractivity contribution in [2.45, 2.75) is 18.6 Å². The monoisotopic (exact) mass is 299 g/mol. The lowest BCUT2D eigenvalue weighted by molar-refractivity contribution is 0.102. The van der Waals surface area contributed by atoms with Crippen LogP contribution in [0.4, 0.5) is 8.78 Å². The van der Waals surface area contributed by atoms with Crippen molar-refractivity contribution in [1.29, 1.82) is 0 Å². The van der Waals surface area contributed by atoms with Gasteiger partial charge in [-0.2, -0.15) is 0 Å². The largest absolute Gasteiger partial charge is 0.343 e. The molecule has 0 spiro atoms. The Morgan fingerprint density at radius 3 is 2.80 bits per heavy atom. The van der Waals surface area contributed by atoms with Crippen molar-refractivity contribution >= 4 is 17.5 Å². The van der Waals surface area contributed by atoms with Gasteiger partial charge in [-0.1, -0.05) is 11.8 Å². The van der Waals surface area contributed by atoms with E-state index in [1.54, 1.807) is 6.92 Å². The van der Waals surface area contributed by atoms with E-state index in [2.05, 4.69) is 10.2 Å². The molecule has 8 heteroatoms. The van der Waals surface area contributed by atoms with Crippen molar-refractivity contribution in [3.05, 3.63) is 45.9 Å². The number of carbonyl (C=O) groups excluding carboxylic acids is 1. The third-order valence-electron chi connectivity index (χ3n) is 2.61. The highest BCUT2D eigenvalue weighted by molar-refractivity contribution is 7.99. The van der Waals surface area contributed by atoms with Crippen LogP contribution in [0.15, 0.2) is 28.2 Å². The number of benzene rings is 1. The van der Waals surface area contributed by atoms with Crippen molar-refractivity contribution in [3.63, 3.8) is 0 Å². The highest BCUT2D eigenvalue weighted by Crippen LogP contribution is 2.16. The third kappa shape index (κ3) is 2.96. The second-order valence-corrected chi connectivity index (χ2v) is 4.84. The predicted octanol–water partition coefficient (Wildman–Crippen LogP) is 1.84. The number of ketones is 1. The topological polar surface area (TPSA) is 67.8 Å². The molecule has 0 bridgehead atoms. The standard InChI is InChI=1S/C12H11F2N3O2S/c1-2-17-11(19)15-16-12(17)20-6-10(18)7-3-4-8(13)9(14)5-7/h3-5H,2,6H2,1H3,(H,15,19). The van der Waals surface area contributed by atoms with Crippen LogP contribution in [0.25, 0.3) is 0 Å². The molecular weight excluding hydrogens is 288 g/mol. The summed E-state index contributed by atoms with van der Waals surface area (Å²) in [6.45, 7) is 2.20. The first-order chi connectivity index (χ1) is 9.52. The smallest absolute Gasteiger partial charge is 0.293 e. The molecule has 0 aliphatic carbocycles. The Kier molecular flexibility index (Phi) is 4.33. The molecule has 0 atom stereocenters. The number of rotatable bonds is 5. The maximum atomic E-state index is 13.0. The summed E-state index contributed by atoms with van der Waals surface area (Å²) >= 11 is 1.06. The second-order valence-electron chi connectivity index (χ2n) is 3.90. The van der Waals surface area contributed by atoms with Crippen molar-refractivity contribution in [1.82, 2.24) is 14.8 Å². The van der Waals surface area contributed by atoms with Gasteiger partial charge in [0.05, 0.1) is 5.75 Å². The SMILES string of the molecule is CCn1c(SCC(=O)c2ccc(F)c(F)c2)n[nH]c1=O. The van der Waals surface area contributed by atoms with Gasteiger partial charge in [0.15, 0.2) is 22.6 Å². The van der Waals surface area contributed by atoms with E-state index in [9.17, 15) is 18.4 Å². The number of carbonyl (C=O) groups is 1. The number of nitrogens with one attached hydrogen (secondary N) is 1. The summed E-state index contributed by atoms with van der Waals surface area (Å²) in [6, 6.07) is 2.98. The van der Waals surface area contributed by atoms with Crippen LogP contribution in [-0.2, 0) is 6.54 Å². The Labute approximate surface area is 117 Å². The number of thioether (sulfide) groups is 1. The fourth-order valence-corrected chi connectivity index (χ4v) is 2.48. The van der Waals surface area contributed by atoms with Crippen LogP contribution in [0, 0.1) is 11.6 Å². The van der Waals surface area contributed by atoms with Gasteiger partial charge in [0.25, 0.3) is 0 Å². The highest BCUT2D eigenvalue weighted by atomic mass is 32.2. The first-order valence-electron chi connectivity index (χ1n) is 5.79. The van der Waals surface area contributed by atoms with Gasteiger partial charge < -0.3 is 0 Å². The zero-order valence-electron chi connectivity index (χ0n) is 10.5. The van der Waals surface area contributed by atoms with Gasteiger partial charge in [0, 0.05) is 12.1 Å². The summed E-state index contributed by atoms with van der Waals surface area (Å²) in [5, 5.41) is 6.45. The number of halogens is 2. The Bertz CT molecular complexity index is 696. The minimum absolute atomic E-state index is 0.0185. The van der Waals surface area contributed by atoms with Crippen LogP contribution < -0.4 is 5.69 Å². The molecule has 0 amide bonds. The van der Waals surface area contributed by atoms with E-state index in [0.717, 1.165) is 23.9 Å². The average Bonchev–Trinajstić information content (AvgIpc) is 2.79. The Morgan fingerprint density at radius 2 is 2.15 bits per heavy atom. The molecule has 1 heterocycles. The first-order valence-corrected chi connectivity index (χ1v) is 6.77. The molecule has 2 aromatic rings. The molecule has 1 aromatic carbocycles. The number of aromatic nitrogens is 3. The van der Waals surface area contributed by atoms with Gasteiger partial charge in [-0.3, -0.25) is 9.36 Å². The molecule has 0 aliphatic heterocycles. The Hall–Kier alpha value is -1.96. The predicted molar refractivity (Wildman–Crippen MR) is 69.9 cm³/mol. The van der Waals surface area contributed by atoms with Crippen LogP contribution in [0.2, 0.25) is 0 Å². The quantitative estimate of drug-likeness (QED) is 0.676. The van der Waals surface area contributed by atoms with Gasteiger partial charge in [-0.15, -0.1) is 5.10 Å². The molecule has 5 nitrogen and oxygen atoms in total. The van der Waals surface area contributed by atoms with Gasteiger partial charge in [0.1, 0.15) is 0 Å². The van der Waals surface area contributed by atoms with Crippen molar-refractivity contribution in [2.24, 2.45) is 0 Å². The van der Waals surface area contributed by atoms with E-state index in [1.807, 2.05) is 0 Å². The van der Waals surface area contributed by atoms with E-state index >= 15 is 0 Å². The number of hydrogen-bond acceptors (Lipinski definition) is 4.